The molecule has 0 unspecified atom stereocenters. The van der Waals surface area contributed by atoms with Crippen molar-refractivity contribution in [3.63, 3.8) is 0 Å². The van der Waals surface area contributed by atoms with Crippen molar-refractivity contribution in [3.05, 3.63) is 35.4 Å². The first kappa shape index (κ1) is 13.4. The molecule has 1 saturated heterocycles. The van der Waals surface area contributed by atoms with E-state index in [0.29, 0.717) is 6.04 Å². The van der Waals surface area contributed by atoms with Gasteiger partial charge >= 0.3 is 0 Å². The molecule has 1 N–H and O–H groups in total. The molecule has 1 fully saturated rings. The van der Waals surface area contributed by atoms with Crippen molar-refractivity contribution in [2.75, 3.05) is 19.6 Å². The maximum Gasteiger partial charge on any atom is 0.254 e. The second-order valence-corrected chi connectivity index (χ2v) is 4.89. The number of carbonyl (C=O) groups is 1. The van der Waals surface area contributed by atoms with Gasteiger partial charge in [-0.05, 0) is 44.0 Å². The Morgan fingerprint density at radius 3 is 2.67 bits per heavy atom. The summed E-state index contributed by atoms with van der Waals surface area (Å²) in [6.07, 6.45) is 3.19. The molecule has 1 aromatic rings. The number of benzene rings is 1. The molecule has 98 valence electrons. The van der Waals surface area contributed by atoms with Gasteiger partial charge in [-0.15, -0.1) is 12.4 Å². The molecule has 1 amide bonds. The molecule has 0 spiro atoms. The molecule has 3 nitrogen and oxygen atoms in total. The van der Waals surface area contributed by atoms with E-state index >= 15 is 0 Å². The van der Waals surface area contributed by atoms with Gasteiger partial charge in [0.25, 0.3) is 5.91 Å². The molecule has 3 rings (SSSR count). The van der Waals surface area contributed by atoms with Gasteiger partial charge in [0.05, 0.1) is 0 Å². The second kappa shape index (κ2) is 5.72. The van der Waals surface area contributed by atoms with Gasteiger partial charge in [-0.2, -0.15) is 0 Å². The number of carbonyl (C=O) groups excluding carboxylic acids is 1. The van der Waals surface area contributed by atoms with E-state index in [1.165, 1.54) is 5.56 Å². The monoisotopic (exact) mass is 266 g/mol. The number of piperidine rings is 1. The average molecular weight is 267 g/mol. The van der Waals surface area contributed by atoms with Crippen LogP contribution in [0.5, 0.6) is 0 Å². The Morgan fingerprint density at radius 2 is 1.89 bits per heavy atom. The third-order valence-corrected chi connectivity index (χ3v) is 3.88. The molecule has 0 bridgehead atoms. The van der Waals surface area contributed by atoms with Crippen molar-refractivity contribution >= 4 is 18.3 Å². The van der Waals surface area contributed by atoms with Crippen molar-refractivity contribution in [1.29, 1.82) is 0 Å². The zero-order chi connectivity index (χ0) is 11.7. The van der Waals surface area contributed by atoms with E-state index < -0.39 is 0 Å². The van der Waals surface area contributed by atoms with Crippen molar-refractivity contribution in [3.8, 4) is 0 Å². The number of rotatable bonds is 1. The summed E-state index contributed by atoms with van der Waals surface area (Å²) in [6.45, 7) is 2.96. The Morgan fingerprint density at radius 1 is 1.17 bits per heavy atom. The van der Waals surface area contributed by atoms with Crippen LogP contribution in [0.25, 0.3) is 0 Å². The van der Waals surface area contributed by atoms with Crippen LogP contribution in [0.15, 0.2) is 24.3 Å². The Balaban J connectivity index is 0.00000120. The fraction of sp³-hybridized carbons (Fsp3) is 0.500. The predicted octanol–water partition coefficient (Wildman–Crippen LogP) is 1.86. The summed E-state index contributed by atoms with van der Waals surface area (Å²) in [5, 5.41) is 3.35. The van der Waals surface area contributed by atoms with Crippen LogP contribution in [0.2, 0.25) is 0 Å². The summed E-state index contributed by atoms with van der Waals surface area (Å²) >= 11 is 0. The van der Waals surface area contributed by atoms with Gasteiger partial charge in [0.15, 0.2) is 0 Å². The Kier molecular flexibility index (Phi) is 4.25. The lowest BCUT2D eigenvalue weighted by Crippen LogP contribution is -2.48. The van der Waals surface area contributed by atoms with Crippen molar-refractivity contribution in [2.45, 2.75) is 25.3 Å². The largest absolute Gasteiger partial charge is 0.335 e. The van der Waals surface area contributed by atoms with Crippen LogP contribution in [0, 0.1) is 0 Å². The van der Waals surface area contributed by atoms with Gasteiger partial charge in [0, 0.05) is 18.2 Å². The molecule has 2 aliphatic heterocycles. The van der Waals surface area contributed by atoms with Gasteiger partial charge in [-0.3, -0.25) is 4.79 Å². The van der Waals surface area contributed by atoms with E-state index in [2.05, 4.69) is 16.3 Å². The first-order chi connectivity index (χ1) is 8.36. The van der Waals surface area contributed by atoms with Crippen molar-refractivity contribution < 1.29 is 4.79 Å². The zero-order valence-corrected chi connectivity index (χ0v) is 11.2. The third-order valence-electron chi connectivity index (χ3n) is 3.88. The van der Waals surface area contributed by atoms with Crippen LogP contribution >= 0.6 is 12.4 Å². The molecule has 2 aliphatic rings. The standard InChI is InChI=1S/C14H18N2O.ClH/c17-14-13-4-2-1-3-11(13)7-10-16(14)12-5-8-15-9-6-12;/h1-4,12,15H,5-10H2;1H. The van der Waals surface area contributed by atoms with E-state index in [1.54, 1.807) is 0 Å². The van der Waals surface area contributed by atoms with Crippen molar-refractivity contribution in [1.82, 2.24) is 10.2 Å². The molecular formula is C14H19ClN2O. The first-order valence-electron chi connectivity index (χ1n) is 6.46. The van der Waals surface area contributed by atoms with E-state index in [1.807, 2.05) is 18.2 Å². The third kappa shape index (κ3) is 2.38. The molecule has 4 heteroatoms. The Labute approximate surface area is 114 Å². The molecule has 18 heavy (non-hydrogen) atoms. The highest BCUT2D eigenvalue weighted by atomic mass is 35.5. The minimum absolute atomic E-state index is 0. The van der Waals surface area contributed by atoms with E-state index in [4.69, 9.17) is 0 Å². The highest BCUT2D eigenvalue weighted by Gasteiger charge is 2.30. The van der Waals surface area contributed by atoms with Gasteiger partial charge in [0.2, 0.25) is 0 Å². The summed E-state index contributed by atoms with van der Waals surface area (Å²) in [4.78, 5) is 14.5. The highest BCUT2D eigenvalue weighted by molar-refractivity contribution is 5.96. The van der Waals surface area contributed by atoms with Crippen molar-refractivity contribution in [2.24, 2.45) is 0 Å². The summed E-state index contributed by atoms with van der Waals surface area (Å²) in [5.41, 5.74) is 2.12. The number of hydrogen-bond donors (Lipinski definition) is 1. The SMILES string of the molecule is Cl.O=C1c2ccccc2CCN1C1CCNCC1. The fourth-order valence-corrected chi connectivity index (χ4v) is 2.91. The van der Waals surface area contributed by atoms with E-state index in [-0.39, 0.29) is 18.3 Å². The Bertz CT molecular complexity index is 430. The fourth-order valence-electron chi connectivity index (χ4n) is 2.91. The zero-order valence-electron chi connectivity index (χ0n) is 10.4. The maximum atomic E-state index is 12.4. The van der Waals surface area contributed by atoms with Gasteiger partial charge in [0.1, 0.15) is 0 Å². The molecular weight excluding hydrogens is 248 g/mol. The quantitative estimate of drug-likeness (QED) is 0.842. The molecule has 2 heterocycles. The number of amides is 1. The number of nitrogens with one attached hydrogen (secondary N) is 1. The molecule has 0 atom stereocenters. The molecule has 0 aliphatic carbocycles. The van der Waals surface area contributed by atoms with E-state index in [0.717, 1.165) is 44.5 Å². The summed E-state index contributed by atoms with van der Waals surface area (Å²) < 4.78 is 0. The smallest absolute Gasteiger partial charge is 0.254 e. The van der Waals surface area contributed by atoms with Gasteiger partial charge in [-0.1, -0.05) is 18.2 Å². The number of hydrogen-bond acceptors (Lipinski definition) is 2. The first-order valence-corrected chi connectivity index (χ1v) is 6.46. The predicted molar refractivity (Wildman–Crippen MR) is 74.3 cm³/mol. The van der Waals surface area contributed by atoms with Crippen LogP contribution < -0.4 is 5.32 Å². The Hall–Kier alpha value is -1.06. The number of nitrogens with zero attached hydrogens (tertiary/aromatic N) is 1. The summed E-state index contributed by atoms with van der Waals surface area (Å²) in [6, 6.07) is 8.46. The minimum Gasteiger partial charge on any atom is -0.335 e. The lowest BCUT2D eigenvalue weighted by atomic mass is 9.95. The lowest BCUT2D eigenvalue weighted by Gasteiger charge is -2.37. The van der Waals surface area contributed by atoms with E-state index in [9.17, 15) is 4.79 Å². The van der Waals surface area contributed by atoms with Crippen LogP contribution in [0.3, 0.4) is 0 Å². The molecule has 0 aromatic heterocycles. The lowest BCUT2D eigenvalue weighted by molar-refractivity contribution is 0.0623. The number of halogens is 1. The van der Waals surface area contributed by atoms with Gasteiger partial charge < -0.3 is 10.2 Å². The maximum absolute atomic E-state index is 12.4. The number of fused-ring (bicyclic) bond motifs is 1. The van der Waals surface area contributed by atoms with Crippen LogP contribution in [-0.2, 0) is 6.42 Å². The highest BCUT2D eigenvalue weighted by Crippen LogP contribution is 2.23. The summed E-state index contributed by atoms with van der Waals surface area (Å²) in [5.74, 6) is 0.235. The summed E-state index contributed by atoms with van der Waals surface area (Å²) in [7, 11) is 0. The molecule has 0 radical (unpaired) electrons. The van der Waals surface area contributed by atoms with Crippen LogP contribution in [0.4, 0.5) is 0 Å². The normalized spacial score (nSPS) is 20.2. The average Bonchev–Trinajstić information content (AvgIpc) is 2.40. The molecule has 1 aromatic carbocycles. The van der Waals surface area contributed by atoms with Gasteiger partial charge in [-0.25, -0.2) is 0 Å². The topological polar surface area (TPSA) is 32.3 Å². The molecule has 0 saturated carbocycles. The second-order valence-electron chi connectivity index (χ2n) is 4.89. The van der Waals surface area contributed by atoms with Crippen LogP contribution in [-0.4, -0.2) is 36.5 Å². The minimum atomic E-state index is 0. The van der Waals surface area contributed by atoms with Crippen LogP contribution in [0.1, 0.15) is 28.8 Å².